The largest absolute Gasteiger partial charge is 0.465 e. The number of rotatable bonds is 3. The smallest absolute Gasteiger partial charge is 0.309 e. The van der Waals surface area contributed by atoms with Gasteiger partial charge in [0.1, 0.15) is 0 Å². The number of cyclic esters (lactones) is 1. The molecule has 84 valence electrons. The Bertz CT molecular complexity index is 392. The zero-order valence-corrected chi connectivity index (χ0v) is 9.48. The Kier molecular flexibility index (Phi) is 3.40. The lowest BCUT2D eigenvalue weighted by Crippen LogP contribution is -2.07. The average molecular weight is 216 g/mol. The van der Waals surface area contributed by atoms with E-state index in [4.69, 9.17) is 4.74 Å². The molecule has 1 unspecified atom stereocenters. The van der Waals surface area contributed by atoms with Gasteiger partial charge in [-0.3, -0.25) is 4.79 Å². The first-order valence-electron chi connectivity index (χ1n) is 5.64. The van der Waals surface area contributed by atoms with Crippen molar-refractivity contribution < 1.29 is 9.53 Å². The summed E-state index contributed by atoms with van der Waals surface area (Å²) >= 11 is 0. The van der Waals surface area contributed by atoms with Crippen molar-refractivity contribution in [2.45, 2.75) is 19.8 Å². The molecule has 1 fully saturated rings. The Morgan fingerprint density at radius 2 is 2.19 bits per heavy atom. The Hall–Kier alpha value is -1.57. The summed E-state index contributed by atoms with van der Waals surface area (Å²) in [6.45, 7) is 2.65. The number of hydrogen-bond acceptors (Lipinski definition) is 2. The van der Waals surface area contributed by atoms with Crippen molar-refractivity contribution in [1.29, 1.82) is 0 Å². The first-order chi connectivity index (χ1) is 7.75. The van der Waals surface area contributed by atoms with Crippen LogP contribution in [0.4, 0.5) is 0 Å². The molecule has 2 nitrogen and oxygen atoms in total. The van der Waals surface area contributed by atoms with Crippen molar-refractivity contribution in [3.05, 3.63) is 41.5 Å². The van der Waals surface area contributed by atoms with Gasteiger partial charge in [-0.2, -0.15) is 0 Å². The van der Waals surface area contributed by atoms with Crippen molar-refractivity contribution in [3.63, 3.8) is 0 Å². The molecule has 0 spiro atoms. The minimum atomic E-state index is -0.0409. The Morgan fingerprint density at radius 3 is 2.81 bits per heavy atom. The van der Waals surface area contributed by atoms with Crippen LogP contribution in [0.5, 0.6) is 0 Å². The molecular formula is C14H16O2. The van der Waals surface area contributed by atoms with E-state index in [-0.39, 0.29) is 11.9 Å². The minimum absolute atomic E-state index is 0.0409. The molecule has 1 aliphatic rings. The van der Waals surface area contributed by atoms with Crippen LogP contribution in [0.1, 0.15) is 25.3 Å². The monoisotopic (exact) mass is 216 g/mol. The molecule has 0 radical (unpaired) electrons. The highest BCUT2D eigenvalue weighted by atomic mass is 16.5. The number of benzene rings is 1. The van der Waals surface area contributed by atoms with E-state index in [1.54, 1.807) is 0 Å². The highest BCUT2D eigenvalue weighted by Crippen LogP contribution is 2.23. The van der Waals surface area contributed by atoms with E-state index in [0.717, 1.165) is 12.8 Å². The van der Waals surface area contributed by atoms with E-state index in [9.17, 15) is 4.79 Å². The molecule has 1 heterocycles. The molecule has 0 saturated carbocycles. The van der Waals surface area contributed by atoms with Crippen molar-refractivity contribution in [2.75, 3.05) is 6.61 Å². The van der Waals surface area contributed by atoms with Gasteiger partial charge in [0.2, 0.25) is 0 Å². The molecule has 1 atom stereocenters. The van der Waals surface area contributed by atoms with Crippen LogP contribution in [0.3, 0.4) is 0 Å². The summed E-state index contributed by atoms with van der Waals surface area (Å²) in [7, 11) is 0. The van der Waals surface area contributed by atoms with Crippen LogP contribution >= 0.6 is 0 Å². The van der Waals surface area contributed by atoms with E-state index in [0.29, 0.717) is 6.61 Å². The molecule has 0 amide bonds. The van der Waals surface area contributed by atoms with Crippen LogP contribution in [-0.2, 0) is 9.53 Å². The van der Waals surface area contributed by atoms with Gasteiger partial charge in [0, 0.05) is 0 Å². The summed E-state index contributed by atoms with van der Waals surface area (Å²) in [5, 5.41) is 0. The highest BCUT2D eigenvalue weighted by molar-refractivity contribution is 5.74. The lowest BCUT2D eigenvalue weighted by molar-refractivity contribution is -0.141. The lowest BCUT2D eigenvalue weighted by Gasteiger charge is -2.05. The van der Waals surface area contributed by atoms with Crippen molar-refractivity contribution in [3.8, 4) is 0 Å². The van der Waals surface area contributed by atoms with Crippen LogP contribution in [0, 0.1) is 5.92 Å². The van der Waals surface area contributed by atoms with Crippen LogP contribution in [0.15, 0.2) is 35.9 Å². The lowest BCUT2D eigenvalue weighted by atomic mass is 9.98. The van der Waals surface area contributed by atoms with E-state index in [1.807, 2.05) is 18.2 Å². The third kappa shape index (κ3) is 2.72. The Labute approximate surface area is 95.9 Å². The fourth-order valence-corrected chi connectivity index (χ4v) is 2.00. The van der Waals surface area contributed by atoms with E-state index >= 15 is 0 Å². The van der Waals surface area contributed by atoms with Crippen LogP contribution < -0.4 is 0 Å². The van der Waals surface area contributed by atoms with E-state index in [1.165, 1.54) is 11.1 Å². The van der Waals surface area contributed by atoms with Gasteiger partial charge in [-0.1, -0.05) is 42.0 Å². The van der Waals surface area contributed by atoms with Gasteiger partial charge < -0.3 is 4.74 Å². The molecule has 2 rings (SSSR count). The zero-order chi connectivity index (χ0) is 11.4. The van der Waals surface area contributed by atoms with Gasteiger partial charge in [0.15, 0.2) is 0 Å². The number of allylic oxidation sites excluding steroid dienone is 1. The molecule has 0 aliphatic carbocycles. The van der Waals surface area contributed by atoms with E-state index in [2.05, 4.69) is 25.1 Å². The highest BCUT2D eigenvalue weighted by Gasteiger charge is 2.26. The van der Waals surface area contributed by atoms with Crippen molar-refractivity contribution in [2.24, 2.45) is 5.92 Å². The molecule has 0 N–H and O–H groups in total. The van der Waals surface area contributed by atoms with Crippen molar-refractivity contribution >= 4 is 12.0 Å². The topological polar surface area (TPSA) is 26.3 Å². The van der Waals surface area contributed by atoms with Gasteiger partial charge in [-0.15, -0.1) is 0 Å². The predicted molar refractivity (Wildman–Crippen MR) is 63.8 cm³/mol. The van der Waals surface area contributed by atoms with E-state index < -0.39 is 0 Å². The Balaban J connectivity index is 2.00. The van der Waals surface area contributed by atoms with Crippen molar-refractivity contribution in [1.82, 2.24) is 0 Å². The summed E-state index contributed by atoms with van der Waals surface area (Å²) in [6, 6.07) is 10.2. The fourth-order valence-electron chi connectivity index (χ4n) is 2.00. The predicted octanol–water partition coefficient (Wildman–Crippen LogP) is 3.04. The summed E-state index contributed by atoms with van der Waals surface area (Å²) in [5.74, 6) is 0.0285. The maximum atomic E-state index is 11.3. The molecule has 0 bridgehead atoms. The average Bonchev–Trinajstić information content (AvgIpc) is 2.66. The van der Waals surface area contributed by atoms with Gasteiger partial charge in [0.05, 0.1) is 12.5 Å². The number of carbonyl (C=O) groups is 1. The van der Waals surface area contributed by atoms with Gasteiger partial charge >= 0.3 is 5.97 Å². The second-order valence-corrected chi connectivity index (χ2v) is 4.26. The molecule has 1 saturated heterocycles. The normalized spacial score (nSPS) is 20.9. The molecule has 1 aliphatic heterocycles. The van der Waals surface area contributed by atoms with Crippen LogP contribution in [0.25, 0.3) is 6.08 Å². The molecule has 1 aromatic rings. The third-order valence-electron chi connectivity index (χ3n) is 2.82. The standard InChI is InChI=1S/C14H16O2/c1-11(9-12-5-3-2-4-6-12)10-13-7-8-16-14(13)15/h2-6,9,13H,7-8,10H2,1H3/b11-9+. The molecule has 2 heteroatoms. The summed E-state index contributed by atoms with van der Waals surface area (Å²) < 4.78 is 4.95. The van der Waals surface area contributed by atoms with Gasteiger partial charge in [0.25, 0.3) is 0 Å². The SMILES string of the molecule is C/C(=C\c1ccccc1)CC1CCOC1=O. The second kappa shape index (κ2) is 4.97. The summed E-state index contributed by atoms with van der Waals surface area (Å²) in [6.07, 6.45) is 3.80. The van der Waals surface area contributed by atoms with Gasteiger partial charge in [-0.25, -0.2) is 0 Å². The summed E-state index contributed by atoms with van der Waals surface area (Å²) in [5.41, 5.74) is 2.42. The van der Waals surface area contributed by atoms with Crippen LogP contribution in [0.2, 0.25) is 0 Å². The maximum absolute atomic E-state index is 11.3. The number of ether oxygens (including phenoxy) is 1. The fraction of sp³-hybridized carbons (Fsp3) is 0.357. The number of esters is 1. The minimum Gasteiger partial charge on any atom is -0.465 e. The Morgan fingerprint density at radius 1 is 1.44 bits per heavy atom. The molecular weight excluding hydrogens is 200 g/mol. The van der Waals surface area contributed by atoms with Crippen LogP contribution in [-0.4, -0.2) is 12.6 Å². The first-order valence-corrected chi connectivity index (χ1v) is 5.64. The zero-order valence-electron chi connectivity index (χ0n) is 9.48. The third-order valence-corrected chi connectivity index (χ3v) is 2.82. The molecule has 1 aromatic carbocycles. The first kappa shape index (κ1) is 10.9. The van der Waals surface area contributed by atoms with Gasteiger partial charge in [-0.05, 0) is 25.3 Å². The summed E-state index contributed by atoms with van der Waals surface area (Å²) in [4.78, 5) is 11.3. The second-order valence-electron chi connectivity index (χ2n) is 4.26. The number of hydrogen-bond donors (Lipinski definition) is 0. The number of carbonyl (C=O) groups excluding carboxylic acids is 1. The maximum Gasteiger partial charge on any atom is 0.309 e. The molecule has 16 heavy (non-hydrogen) atoms. The molecule has 0 aromatic heterocycles. The quantitative estimate of drug-likeness (QED) is 0.726.